The Balaban J connectivity index is 1.66. The number of hydrogen-bond acceptors (Lipinski definition) is 3. The molecule has 2 aromatic rings. The number of pyridine rings is 1. The summed E-state index contributed by atoms with van der Waals surface area (Å²) in [5.41, 5.74) is 6.63. The molecule has 2 atom stereocenters. The van der Waals surface area contributed by atoms with E-state index in [0.29, 0.717) is 26.8 Å². The molecule has 5 nitrogen and oxygen atoms in total. The Labute approximate surface area is 148 Å². The van der Waals surface area contributed by atoms with Gasteiger partial charge in [0.25, 0.3) is 0 Å². The van der Waals surface area contributed by atoms with Gasteiger partial charge in [-0.15, -0.1) is 0 Å². The molecule has 1 aliphatic carbocycles. The second-order valence-corrected chi connectivity index (χ2v) is 9.34. The van der Waals surface area contributed by atoms with E-state index in [9.17, 15) is 4.79 Å². The minimum absolute atomic E-state index is 0.0865. The first-order valence-corrected chi connectivity index (χ1v) is 11.1. The van der Waals surface area contributed by atoms with Crippen LogP contribution in [0.5, 0.6) is 0 Å². The van der Waals surface area contributed by atoms with Gasteiger partial charge in [0.05, 0.1) is 0 Å². The zero-order valence-electron chi connectivity index (χ0n) is 14.4. The van der Waals surface area contributed by atoms with Gasteiger partial charge in [0.1, 0.15) is 0 Å². The second kappa shape index (κ2) is 5.58. The molecule has 0 radical (unpaired) electrons. The van der Waals surface area contributed by atoms with Gasteiger partial charge >= 0.3 is 148 Å². The fourth-order valence-electron chi connectivity index (χ4n) is 4.57. The van der Waals surface area contributed by atoms with Crippen molar-refractivity contribution < 1.29 is 4.79 Å². The van der Waals surface area contributed by atoms with Crippen LogP contribution >= 0.6 is 0 Å². The van der Waals surface area contributed by atoms with Gasteiger partial charge in [-0.2, -0.15) is 0 Å². The Bertz CT molecular complexity index is 787. The fourth-order valence-corrected chi connectivity index (χ4v) is 5.78. The third kappa shape index (κ3) is 2.24. The van der Waals surface area contributed by atoms with E-state index >= 15 is 0 Å². The van der Waals surface area contributed by atoms with Crippen LogP contribution in [0.25, 0.3) is 5.52 Å². The van der Waals surface area contributed by atoms with Crippen molar-refractivity contribution in [2.24, 2.45) is 23.5 Å². The van der Waals surface area contributed by atoms with Gasteiger partial charge in [-0.3, -0.25) is 0 Å². The van der Waals surface area contributed by atoms with Crippen molar-refractivity contribution in [1.29, 1.82) is 0 Å². The molecular weight excluding hydrogens is 367 g/mol. The number of amides is 1. The predicted molar refractivity (Wildman–Crippen MR) is 95.3 cm³/mol. The average molecular weight is 391 g/mol. The van der Waals surface area contributed by atoms with Crippen molar-refractivity contribution in [1.82, 2.24) is 14.3 Å². The van der Waals surface area contributed by atoms with E-state index in [-0.39, 0.29) is 17.4 Å². The summed E-state index contributed by atoms with van der Waals surface area (Å²) in [6.07, 6.45) is 5.27. The number of piperidine rings is 2. The number of carbonyl (C=O) groups is 1. The maximum atomic E-state index is 11.6. The van der Waals surface area contributed by atoms with Crippen LogP contribution in [0, 0.1) is 17.8 Å². The summed E-state index contributed by atoms with van der Waals surface area (Å²) in [5.74, 6) is 4.13. The van der Waals surface area contributed by atoms with Crippen LogP contribution < -0.4 is 10.2 Å². The molecule has 3 fully saturated rings. The minimum atomic E-state index is -0.161. The SMILES string of the molecule is C[Se]c1cccn2c(C(C)(C)N3CC4CC(C3)C4C(N)=O)ncc12. The molecule has 2 aromatic heterocycles. The molecule has 0 spiro atoms. The van der Waals surface area contributed by atoms with Crippen LogP contribution in [0.2, 0.25) is 5.82 Å². The van der Waals surface area contributed by atoms with Crippen LogP contribution in [0.4, 0.5) is 0 Å². The Morgan fingerprint density at radius 3 is 2.71 bits per heavy atom. The number of aromatic nitrogens is 2. The van der Waals surface area contributed by atoms with Crippen molar-refractivity contribution in [2.75, 3.05) is 13.1 Å². The summed E-state index contributed by atoms with van der Waals surface area (Å²) in [6, 6.07) is 4.31. The zero-order valence-corrected chi connectivity index (χ0v) is 16.1. The van der Waals surface area contributed by atoms with Crippen molar-refractivity contribution >= 4 is 30.8 Å². The summed E-state index contributed by atoms with van der Waals surface area (Å²) in [6.45, 7) is 6.36. The van der Waals surface area contributed by atoms with Gasteiger partial charge in [0.15, 0.2) is 0 Å². The van der Waals surface area contributed by atoms with E-state index in [0.717, 1.165) is 25.3 Å². The average Bonchev–Trinajstić information content (AvgIpc) is 2.99. The number of nitrogens with zero attached hydrogens (tertiary/aromatic N) is 3. The molecule has 6 heteroatoms. The first-order chi connectivity index (χ1) is 11.4. The molecule has 5 rings (SSSR count). The van der Waals surface area contributed by atoms with E-state index < -0.39 is 0 Å². The third-order valence-electron chi connectivity index (χ3n) is 5.95. The molecule has 0 aromatic carbocycles. The quantitative estimate of drug-likeness (QED) is 0.791. The van der Waals surface area contributed by atoms with Gasteiger partial charge in [-0.25, -0.2) is 0 Å². The number of imidazole rings is 1. The van der Waals surface area contributed by atoms with Crippen molar-refractivity contribution in [3.05, 3.63) is 30.4 Å². The third-order valence-corrected chi connectivity index (χ3v) is 7.60. The Hall–Kier alpha value is -1.36. The van der Waals surface area contributed by atoms with Gasteiger partial charge in [-0.05, 0) is 0 Å². The van der Waals surface area contributed by atoms with Crippen molar-refractivity contribution in [2.45, 2.75) is 31.6 Å². The second-order valence-electron chi connectivity index (χ2n) is 7.56. The summed E-state index contributed by atoms with van der Waals surface area (Å²) in [7, 11) is 0. The van der Waals surface area contributed by atoms with E-state index in [2.05, 4.69) is 47.3 Å². The van der Waals surface area contributed by atoms with E-state index in [1.165, 1.54) is 9.98 Å². The van der Waals surface area contributed by atoms with Gasteiger partial charge in [-0.1, -0.05) is 0 Å². The monoisotopic (exact) mass is 392 g/mol. The van der Waals surface area contributed by atoms with Crippen LogP contribution in [0.3, 0.4) is 0 Å². The topological polar surface area (TPSA) is 63.6 Å². The summed E-state index contributed by atoms with van der Waals surface area (Å²) in [4.78, 5) is 18.9. The molecule has 2 aliphatic heterocycles. The summed E-state index contributed by atoms with van der Waals surface area (Å²) < 4.78 is 3.63. The van der Waals surface area contributed by atoms with Crippen molar-refractivity contribution in [3.63, 3.8) is 0 Å². The molecule has 3 aliphatic rings. The first-order valence-electron chi connectivity index (χ1n) is 8.48. The number of carbonyl (C=O) groups excluding carboxylic acids is 1. The zero-order chi connectivity index (χ0) is 17.1. The fraction of sp³-hybridized carbons (Fsp3) is 0.556. The number of primary amides is 1. The molecule has 2 unspecified atom stereocenters. The molecule has 1 saturated carbocycles. The molecule has 1 amide bonds. The standard InChI is InChI=1S/C18H24N4OSe/c1-18(2,21-9-11-7-12(10-21)15(11)16(19)23)17-20-8-13-14(24-3)5-4-6-22(13)17/h4-6,8,11-12,15H,7,9-10H2,1-3H3,(H2,19,23). The Morgan fingerprint density at radius 2 is 2.08 bits per heavy atom. The number of nitrogens with two attached hydrogens (primary N) is 1. The van der Waals surface area contributed by atoms with Crippen LogP contribution in [0.1, 0.15) is 26.1 Å². The van der Waals surface area contributed by atoms with Gasteiger partial charge < -0.3 is 0 Å². The van der Waals surface area contributed by atoms with E-state index in [1.54, 1.807) is 0 Å². The molecular formula is C18H24N4OSe. The number of rotatable bonds is 4. The summed E-state index contributed by atoms with van der Waals surface area (Å²) >= 11 is 0.450. The first kappa shape index (κ1) is 16.1. The van der Waals surface area contributed by atoms with Crippen LogP contribution in [-0.4, -0.2) is 48.2 Å². The maximum absolute atomic E-state index is 11.6. The predicted octanol–water partition coefficient (Wildman–Crippen LogP) is 1.00. The van der Waals surface area contributed by atoms with E-state index in [1.807, 2.05) is 6.20 Å². The Morgan fingerprint density at radius 1 is 1.38 bits per heavy atom. The van der Waals surface area contributed by atoms with Crippen LogP contribution in [0.15, 0.2) is 24.5 Å². The molecule has 128 valence electrons. The van der Waals surface area contributed by atoms with E-state index in [4.69, 9.17) is 10.7 Å². The Kier molecular flexibility index (Phi) is 3.75. The van der Waals surface area contributed by atoms with Crippen LogP contribution in [-0.2, 0) is 10.3 Å². The van der Waals surface area contributed by atoms with Gasteiger partial charge in [0.2, 0.25) is 0 Å². The molecule has 2 bridgehead atoms. The number of hydrogen-bond donors (Lipinski definition) is 1. The molecule has 4 heterocycles. The number of fused-ring (bicyclic) bond motifs is 3. The molecule has 2 saturated heterocycles. The molecule has 24 heavy (non-hydrogen) atoms. The summed E-state index contributed by atoms with van der Waals surface area (Å²) in [5, 5.41) is 0. The normalized spacial score (nSPS) is 27.2. The van der Waals surface area contributed by atoms with Crippen molar-refractivity contribution in [3.8, 4) is 0 Å². The molecule has 2 N–H and O–H groups in total. The van der Waals surface area contributed by atoms with Gasteiger partial charge in [0, 0.05) is 0 Å².